The van der Waals surface area contributed by atoms with E-state index in [4.69, 9.17) is 0 Å². The van der Waals surface area contributed by atoms with Gasteiger partial charge in [0.1, 0.15) is 48.3 Å². The second-order valence-electron chi connectivity index (χ2n) is 20.6. The van der Waals surface area contributed by atoms with Gasteiger partial charge in [0.25, 0.3) is 0 Å². The van der Waals surface area contributed by atoms with Crippen LogP contribution in [0.1, 0.15) is 82.9 Å². The molecule has 4 aromatic rings. The molecule has 0 spiro atoms. The molecule has 416 valence electrons. The fourth-order valence-corrected chi connectivity index (χ4v) is 10.9. The average molecular weight is 1100 g/mol. The monoisotopic (exact) mass is 1100 g/mol. The Hall–Kier alpha value is -6.74. The number of hydrogen-bond acceptors (Lipinski definition) is 10. The average Bonchev–Trinajstić information content (AvgIpc) is 4.07. The molecule has 0 saturated carbocycles. The minimum absolute atomic E-state index is 0.00939. The maximum atomic E-state index is 15.0. The molecule has 0 bridgehead atoms. The molecule has 19 nitrogen and oxygen atoms in total. The minimum atomic E-state index is -1.42. The lowest BCUT2D eigenvalue weighted by Gasteiger charge is -2.32. The lowest BCUT2D eigenvalue weighted by Crippen LogP contribution is -2.62. The third-order valence-electron chi connectivity index (χ3n) is 14.2. The Morgan fingerprint density at radius 2 is 1.01 bits per heavy atom. The molecular formula is C56H75N9O10S2. The fraction of sp³-hybridized carbons (Fsp3) is 0.500. The van der Waals surface area contributed by atoms with Crippen molar-refractivity contribution in [2.75, 3.05) is 30.6 Å². The van der Waals surface area contributed by atoms with Crippen LogP contribution in [-0.4, -0.2) is 144 Å². The molecule has 2 unspecified atom stereocenters. The van der Waals surface area contributed by atoms with E-state index in [1.165, 1.54) is 17.4 Å². The highest BCUT2D eigenvalue weighted by molar-refractivity contribution is 7.84. The first kappa shape index (κ1) is 59.5. The van der Waals surface area contributed by atoms with Gasteiger partial charge in [-0.2, -0.15) is 0 Å². The summed E-state index contributed by atoms with van der Waals surface area (Å²) in [6.45, 7) is 7.38. The van der Waals surface area contributed by atoms with Gasteiger partial charge in [0.05, 0.1) is 0 Å². The highest BCUT2D eigenvalue weighted by Gasteiger charge is 2.41. The van der Waals surface area contributed by atoms with Crippen LogP contribution in [-0.2, 0) is 79.2 Å². The molecule has 2 aliphatic heterocycles. The van der Waals surface area contributed by atoms with Crippen molar-refractivity contribution in [3.05, 3.63) is 108 Å². The Morgan fingerprint density at radius 1 is 0.545 bits per heavy atom. The van der Waals surface area contributed by atoms with Crippen LogP contribution in [0, 0.1) is 11.8 Å². The van der Waals surface area contributed by atoms with Gasteiger partial charge in [-0.25, -0.2) is 0 Å². The van der Waals surface area contributed by atoms with E-state index in [2.05, 4.69) is 42.2 Å². The van der Waals surface area contributed by atoms with Gasteiger partial charge in [-0.15, -0.1) is 0 Å². The highest BCUT2D eigenvalue weighted by atomic mass is 32.2. The molecule has 2 aliphatic rings. The van der Waals surface area contributed by atoms with Crippen LogP contribution in [0.5, 0.6) is 0 Å². The van der Waals surface area contributed by atoms with Crippen molar-refractivity contribution in [1.29, 1.82) is 0 Å². The zero-order chi connectivity index (χ0) is 55.8. The third kappa shape index (κ3) is 17.1. The van der Waals surface area contributed by atoms with Gasteiger partial charge in [-0.1, -0.05) is 113 Å². The number of fused-ring (bicyclic) bond motifs is 2. The fourth-order valence-electron chi connectivity index (χ4n) is 9.72. The number of nitrogens with one attached hydrogen (secondary N) is 8. The van der Waals surface area contributed by atoms with Crippen molar-refractivity contribution in [2.45, 2.75) is 134 Å². The Balaban J connectivity index is 1.46. The van der Waals surface area contributed by atoms with Crippen LogP contribution < -0.4 is 37.2 Å². The summed E-state index contributed by atoms with van der Waals surface area (Å²) in [6.07, 6.45) is 5.47. The van der Waals surface area contributed by atoms with Crippen molar-refractivity contribution in [3.63, 3.8) is 0 Å². The Bertz CT molecular complexity index is 2760. The predicted molar refractivity (Wildman–Crippen MR) is 297 cm³/mol. The second-order valence-corrected chi connectivity index (χ2v) is 23.7. The van der Waals surface area contributed by atoms with E-state index >= 15 is 0 Å². The predicted octanol–water partition coefficient (Wildman–Crippen LogP) is 2.22. The van der Waals surface area contributed by atoms with Gasteiger partial charge in [0.2, 0.25) is 47.3 Å². The molecule has 8 N–H and O–H groups in total. The third-order valence-corrected chi connectivity index (χ3v) is 15.8. The molecule has 77 heavy (non-hydrogen) atoms. The van der Waals surface area contributed by atoms with Gasteiger partial charge in [-0.3, -0.25) is 46.8 Å². The van der Waals surface area contributed by atoms with Gasteiger partial charge in [-0.05, 0) is 66.7 Å². The SMILES string of the molecule is CC[C@H](C)[C@@H]1NC(=O)[C@H](Cc2c[nH]c3ccccc23)NC(=O)[C@H](Cc2ccccc2)NC(=O)[C@H](Cc2ccccc2)NC(=O)[C@@H]2CCCN2C(=O)[C@H](CCS(C)=O)NC(=O)[C@H](CC(C)C)NC(=O)[C@H](CCS(C)=O)NC1=O. The number of hydrogen-bond donors (Lipinski definition) is 8. The van der Waals surface area contributed by atoms with Crippen LogP contribution in [0.4, 0.5) is 0 Å². The molecule has 3 heterocycles. The highest BCUT2D eigenvalue weighted by Crippen LogP contribution is 2.23. The molecular weight excluding hydrogens is 1020 g/mol. The van der Waals surface area contributed by atoms with Gasteiger partial charge in [0, 0.05) is 88.5 Å². The first-order chi connectivity index (χ1) is 36.8. The molecule has 3 aromatic carbocycles. The normalized spacial score (nSPS) is 25.0. The Morgan fingerprint density at radius 3 is 1.58 bits per heavy atom. The summed E-state index contributed by atoms with van der Waals surface area (Å²) in [5, 5.41) is 20.7. The van der Waals surface area contributed by atoms with Crippen LogP contribution in [0.25, 0.3) is 10.9 Å². The quantitative estimate of drug-likeness (QED) is 0.0811. The van der Waals surface area contributed by atoms with Crippen molar-refractivity contribution in [1.82, 2.24) is 47.1 Å². The number of aromatic amines is 1. The summed E-state index contributed by atoms with van der Waals surface area (Å²) in [4.78, 5) is 122. The van der Waals surface area contributed by atoms with Crippen LogP contribution >= 0.6 is 0 Å². The topological polar surface area (TPSA) is 274 Å². The molecule has 0 radical (unpaired) electrons. The molecule has 6 rings (SSSR count). The summed E-state index contributed by atoms with van der Waals surface area (Å²) in [6, 6.07) is 15.2. The number of para-hydroxylation sites is 1. The molecule has 2 fully saturated rings. The Labute approximate surface area is 455 Å². The Kier molecular flexibility index (Phi) is 22.1. The molecule has 2 saturated heterocycles. The van der Waals surface area contributed by atoms with Gasteiger partial charge >= 0.3 is 0 Å². The molecule has 0 aliphatic carbocycles. The number of nitrogens with zero attached hydrogens (tertiary/aromatic N) is 1. The van der Waals surface area contributed by atoms with E-state index < -0.39 is 123 Å². The van der Waals surface area contributed by atoms with E-state index in [9.17, 15) is 46.8 Å². The number of rotatable bonds is 16. The van der Waals surface area contributed by atoms with Crippen molar-refractivity contribution in [2.24, 2.45) is 11.8 Å². The van der Waals surface area contributed by atoms with Crippen molar-refractivity contribution >= 4 is 79.8 Å². The lowest BCUT2D eigenvalue weighted by atomic mass is 9.96. The molecule has 8 amide bonds. The van der Waals surface area contributed by atoms with Crippen LogP contribution in [0.3, 0.4) is 0 Å². The maximum absolute atomic E-state index is 15.0. The van der Waals surface area contributed by atoms with E-state index in [0.717, 1.165) is 10.9 Å². The van der Waals surface area contributed by atoms with E-state index in [0.29, 0.717) is 29.5 Å². The van der Waals surface area contributed by atoms with Crippen LogP contribution in [0.15, 0.2) is 91.1 Å². The standard InChI is InChI=1S/C56H75N9O10S2/c1-7-35(4)48-55(72)58-41(24-27-76(5)74)49(66)60-43(29-34(2)3)50(67)59-42(25-28-77(6)75)56(73)65-26-16-23-47(65)54(71)63-45(31-37-19-12-9-13-20-37)52(69)61-44(30-36-17-10-8-11-18-36)51(68)62-46(53(70)64-48)32-38-33-57-40-22-15-14-21-39(38)40/h8-15,17-22,33-35,41-48,57H,7,16,23-32H2,1-6H3,(H,58,72)(H,59,67)(H,60,66)(H,61,69)(H,62,68)(H,63,71)(H,64,70)/t35-,41-,42-,43-,44-,45-,46-,47-,48-,76?,77?/m0/s1. The number of H-pyrrole nitrogens is 1. The number of aromatic nitrogens is 1. The number of carbonyl (C=O) groups is 8. The molecule has 21 heteroatoms. The van der Waals surface area contributed by atoms with Gasteiger partial charge in [0.15, 0.2) is 0 Å². The first-order valence-corrected chi connectivity index (χ1v) is 29.9. The summed E-state index contributed by atoms with van der Waals surface area (Å²) < 4.78 is 25.0. The first-order valence-electron chi connectivity index (χ1n) is 26.5. The van der Waals surface area contributed by atoms with E-state index in [1.54, 1.807) is 67.7 Å². The largest absolute Gasteiger partial charge is 0.361 e. The van der Waals surface area contributed by atoms with Gasteiger partial charge < -0.3 is 47.1 Å². The maximum Gasteiger partial charge on any atom is 0.245 e. The summed E-state index contributed by atoms with van der Waals surface area (Å²) >= 11 is 0. The smallest absolute Gasteiger partial charge is 0.245 e. The second kappa shape index (κ2) is 28.6. The lowest BCUT2D eigenvalue weighted by molar-refractivity contribution is -0.142. The van der Waals surface area contributed by atoms with E-state index in [1.807, 2.05) is 51.1 Å². The zero-order valence-corrected chi connectivity index (χ0v) is 46.4. The number of benzene rings is 3. The summed E-state index contributed by atoms with van der Waals surface area (Å²) in [5.41, 5.74) is 2.81. The molecule has 1 aromatic heterocycles. The van der Waals surface area contributed by atoms with Crippen molar-refractivity contribution < 1.29 is 46.8 Å². The number of amides is 8. The van der Waals surface area contributed by atoms with E-state index in [-0.39, 0.29) is 68.9 Å². The van der Waals surface area contributed by atoms with Crippen LogP contribution in [0.2, 0.25) is 0 Å². The van der Waals surface area contributed by atoms with Crippen molar-refractivity contribution in [3.8, 4) is 0 Å². The molecule has 11 atom stereocenters. The zero-order valence-electron chi connectivity index (χ0n) is 44.8. The minimum Gasteiger partial charge on any atom is -0.361 e. The number of carbonyl (C=O) groups excluding carboxylic acids is 8. The summed E-state index contributed by atoms with van der Waals surface area (Å²) in [5.74, 6) is -6.41. The summed E-state index contributed by atoms with van der Waals surface area (Å²) in [7, 11) is -2.82.